The van der Waals surface area contributed by atoms with E-state index in [1.165, 1.54) is 0 Å². The van der Waals surface area contributed by atoms with Gasteiger partial charge in [-0.25, -0.2) is 0 Å². The third kappa shape index (κ3) is 17.9. The summed E-state index contributed by atoms with van der Waals surface area (Å²) in [7, 11) is 0. The van der Waals surface area contributed by atoms with E-state index in [1.807, 2.05) is 36.5 Å². The number of rotatable bonds is 13. The van der Waals surface area contributed by atoms with Gasteiger partial charge in [0.05, 0.1) is 6.10 Å². The van der Waals surface area contributed by atoms with Crippen molar-refractivity contribution in [3.8, 4) is 12.3 Å². The van der Waals surface area contributed by atoms with Crippen LogP contribution in [0.1, 0.15) is 51.4 Å². The van der Waals surface area contributed by atoms with Crippen molar-refractivity contribution in [2.24, 2.45) is 0 Å². The maximum Gasteiger partial charge on any atom is 0.303 e. The van der Waals surface area contributed by atoms with Crippen LogP contribution in [0.5, 0.6) is 0 Å². The Morgan fingerprint density at radius 3 is 2.52 bits per heavy atom. The summed E-state index contributed by atoms with van der Waals surface area (Å²) >= 11 is 0. The van der Waals surface area contributed by atoms with E-state index in [4.69, 9.17) is 11.5 Å². The first-order valence-electron chi connectivity index (χ1n) is 8.13. The summed E-state index contributed by atoms with van der Waals surface area (Å²) in [5.74, 6) is 1.85. The van der Waals surface area contributed by atoms with E-state index in [1.54, 1.807) is 6.08 Å². The summed E-state index contributed by atoms with van der Waals surface area (Å²) in [6, 6.07) is 0. The highest BCUT2D eigenvalue weighted by molar-refractivity contribution is 5.66. The number of allylic oxidation sites excluding steroid dienone is 6. The van der Waals surface area contributed by atoms with Gasteiger partial charge >= 0.3 is 5.97 Å². The molecule has 126 valence electrons. The molecule has 0 aromatic rings. The molecule has 0 radical (unpaired) electrons. The quantitative estimate of drug-likeness (QED) is 0.229. The van der Waals surface area contributed by atoms with E-state index in [0.717, 1.165) is 32.1 Å². The van der Waals surface area contributed by atoms with Gasteiger partial charge in [0.15, 0.2) is 0 Å². The molecule has 3 nitrogen and oxygen atoms in total. The molecular formula is C20H28O3. The smallest absolute Gasteiger partial charge is 0.303 e. The number of aliphatic carboxylic acids is 1. The molecule has 0 amide bonds. The number of carboxylic acid groups (broad SMARTS) is 1. The van der Waals surface area contributed by atoms with Crippen molar-refractivity contribution in [2.75, 3.05) is 0 Å². The van der Waals surface area contributed by atoms with Gasteiger partial charge < -0.3 is 10.2 Å². The molecule has 0 aliphatic heterocycles. The van der Waals surface area contributed by atoms with Gasteiger partial charge in [-0.2, -0.15) is 0 Å². The Labute approximate surface area is 140 Å². The van der Waals surface area contributed by atoms with Crippen molar-refractivity contribution >= 4 is 5.97 Å². The van der Waals surface area contributed by atoms with Crippen molar-refractivity contribution in [3.63, 3.8) is 0 Å². The Morgan fingerprint density at radius 2 is 1.78 bits per heavy atom. The summed E-state index contributed by atoms with van der Waals surface area (Å²) in [4.78, 5) is 10.3. The molecule has 0 aromatic heterocycles. The zero-order valence-corrected chi connectivity index (χ0v) is 13.7. The molecule has 0 unspecified atom stereocenters. The van der Waals surface area contributed by atoms with E-state index in [-0.39, 0.29) is 6.42 Å². The first kappa shape index (κ1) is 20.9. The molecule has 0 aliphatic carbocycles. The van der Waals surface area contributed by atoms with Gasteiger partial charge in [0.2, 0.25) is 0 Å². The first-order chi connectivity index (χ1) is 11.2. The largest absolute Gasteiger partial charge is 0.481 e. The number of carboxylic acids is 1. The molecular weight excluding hydrogens is 288 g/mol. The van der Waals surface area contributed by atoms with Crippen LogP contribution in [0.3, 0.4) is 0 Å². The van der Waals surface area contributed by atoms with Gasteiger partial charge in [0.1, 0.15) is 0 Å². The van der Waals surface area contributed by atoms with Crippen LogP contribution in [0.15, 0.2) is 48.6 Å². The number of unbranched alkanes of at least 4 members (excludes halogenated alkanes) is 3. The standard InChI is InChI=1S/C20H28O3/c1-2-3-4-5-10-13-16-19(21)17-14-11-8-6-7-9-12-15-18-20(22)23/h1,7-11,13-14,17,19,21H,3-6,12,15-16,18H2,(H,22,23)/b9-7-,11-8-,13-10-,17-14+/t19-/m0/s1. The lowest BCUT2D eigenvalue weighted by Gasteiger charge is -1.99. The van der Waals surface area contributed by atoms with E-state index in [2.05, 4.69) is 12.0 Å². The molecule has 0 spiro atoms. The van der Waals surface area contributed by atoms with E-state index in [0.29, 0.717) is 12.8 Å². The fourth-order valence-electron chi connectivity index (χ4n) is 1.77. The van der Waals surface area contributed by atoms with Crippen LogP contribution in [-0.2, 0) is 4.79 Å². The van der Waals surface area contributed by atoms with E-state index in [9.17, 15) is 9.90 Å². The third-order valence-electron chi connectivity index (χ3n) is 3.02. The second kappa shape index (κ2) is 16.3. The molecule has 0 bridgehead atoms. The molecule has 1 atom stereocenters. The lowest BCUT2D eigenvalue weighted by molar-refractivity contribution is -0.137. The molecule has 0 aromatic carbocycles. The number of aliphatic hydroxyl groups is 1. The molecule has 0 aliphatic rings. The van der Waals surface area contributed by atoms with Crippen molar-refractivity contribution in [2.45, 2.75) is 57.5 Å². The zero-order valence-electron chi connectivity index (χ0n) is 13.7. The fourth-order valence-corrected chi connectivity index (χ4v) is 1.77. The van der Waals surface area contributed by atoms with Crippen LogP contribution < -0.4 is 0 Å². The van der Waals surface area contributed by atoms with Crippen LogP contribution >= 0.6 is 0 Å². The fraction of sp³-hybridized carbons (Fsp3) is 0.450. The number of aliphatic hydroxyl groups excluding tert-OH is 1. The Kier molecular flexibility index (Phi) is 14.9. The van der Waals surface area contributed by atoms with Gasteiger partial charge in [-0.3, -0.25) is 4.79 Å². The Hall–Kier alpha value is -2.05. The molecule has 23 heavy (non-hydrogen) atoms. The van der Waals surface area contributed by atoms with Crippen molar-refractivity contribution in [1.82, 2.24) is 0 Å². The first-order valence-corrected chi connectivity index (χ1v) is 8.13. The average molecular weight is 316 g/mol. The Balaban J connectivity index is 3.64. The molecule has 0 fully saturated rings. The van der Waals surface area contributed by atoms with Crippen molar-refractivity contribution in [3.05, 3.63) is 48.6 Å². The molecule has 3 heteroatoms. The summed E-state index contributed by atoms with van der Waals surface area (Å²) in [6.07, 6.45) is 26.1. The van der Waals surface area contributed by atoms with Crippen LogP contribution in [0.25, 0.3) is 0 Å². The maximum absolute atomic E-state index is 10.3. The molecule has 0 saturated heterocycles. The predicted molar refractivity (Wildman–Crippen MR) is 96.0 cm³/mol. The highest BCUT2D eigenvalue weighted by Crippen LogP contribution is 2.01. The maximum atomic E-state index is 10.3. The minimum absolute atomic E-state index is 0.221. The Bertz CT molecular complexity index is 450. The highest BCUT2D eigenvalue weighted by atomic mass is 16.4. The monoisotopic (exact) mass is 316 g/mol. The predicted octanol–water partition coefficient (Wildman–Crippen LogP) is 4.41. The van der Waals surface area contributed by atoms with Crippen LogP contribution in [0, 0.1) is 12.3 Å². The van der Waals surface area contributed by atoms with Crippen LogP contribution in [0.4, 0.5) is 0 Å². The van der Waals surface area contributed by atoms with Gasteiger partial charge in [-0.15, -0.1) is 12.3 Å². The van der Waals surface area contributed by atoms with Gasteiger partial charge in [0.25, 0.3) is 0 Å². The number of hydrogen-bond acceptors (Lipinski definition) is 2. The second-order valence-corrected chi connectivity index (χ2v) is 5.18. The SMILES string of the molecule is C#CCCC/C=C\C[C@H](O)/C=C/C=C\C/C=C\CCCC(=O)O. The normalized spacial score (nSPS) is 13.4. The minimum atomic E-state index is -0.746. The number of hydrogen-bond donors (Lipinski definition) is 2. The molecule has 2 N–H and O–H groups in total. The summed E-state index contributed by atoms with van der Waals surface area (Å²) in [5, 5.41) is 18.2. The van der Waals surface area contributed by atoms with Gasteiger partial charge in [-0.1, -0.05) is 48.6 Å². The number of carbonyl (C=O) groups is 1. The number of terminal acetylenes is 1. The third-order valence-corrected chi connectivity index (χ3v) is 3.02. The average Bonchev–Trinajstić information content (AvgIpc) is 2.52. The molecule has 0 rings (SSSR count). The van der Waals surface area contributed by atoms with E-state index >= 15 is 0 Å². The van der Waals surface area contributed by atoms with Gasteiger partial charge in [0, 0.05) is 12.8 Å². The van der Waals surface area contributed by atoms with Crippen LogP contribution in [-0.4, -0.2) is 22.3 Å². The minimum Gasteiger partial charge on any atom is -0.481 e. The summed E-state index contributed by atoms with van der Waals surface area (Å²) in [5.41, 5.74) is 0. The summed E-state index contributed by atoms with van der Waals surface area (Å²) in [6.45, 7) is 0. The van der Waals surface area contributed by atoms with Crippen molar-refractivity contribution < 1.29 is 15.0 Å². The van der Waals surface area contributed by atoms with E-state index < -0.39 is 12.1 Å². The van der Waals surface area contributed by atoms with Crippen molar-refractivity contribution in [1.29, 1.82) is 0 Å². The summed E-state index contributed by atoms with van der Waals surface area (Å²) < 4.78 is 0. The van der Waals surface area contributed by atoms with Gasteiger partial charge in [-0.05, 0) is 38.5 Å². The van der Waals surface area contributed by atoms with Crippen LogP contribution in [0.2, 0.25) is 0 Å². The molecule has 0 saturated carbocycles. The zero-order chi connectivity index (χ0) is 17.2. The topological polar surface area (TPSA) is 57.5 Å². The Morgan fingerprint density at radius 1 is 1.04 bits per heavy atom. The lowest BCUT2D eigenvalue weighted by Crippen LogP contribution is -1.98. The molecule has 0 heterocycles. The highest BCUT2D eigenvalue weighted by Gasteiger charge is 1.93. The second-order valence-electron chi connectivity index (χ2n) is 5.18. The lowest BCUT2D eigenvalue weighted by atomic mass is 10.2.